The lowest BCUT2D eigenvalue weighted by Crippen LogP contribution is -2.21. The SMILES string of the molecule is N#CC1(c2ccc3c(c2)OCO3)C=C(N)c2ccccc21. The fraction of sp³-hybridized carbons (Fsp3) is 0.118. The van der Waals surface area contributed by atoms with Gasteiger partial charge in [0.15, 0.2) is 11.5 Å². The monoisotopic (exact) mass is 276 g/mol. The Morgan fingerprint density at radius 3 is 2.76 bits per heavy atom. The van der Waals surface area contributed by atoms with Gasteiger partial charge in [0.2, 0.25) is 6.79 Å². The molecule has 0 amide bonds. The first-order chi connectivity index (χ1) is 10.2. The average molecular weight is 276 g/mol. The van der Waals surface area contributed by atoms with Crippen LogP contribution < -0.4 is 15.2 Å². The van der Waals surface area contributed by atoms with Gasteiger partial charge in [0.25, 0.3) is 0 Å². The molecule has 2 N–H and O–H groups in total. The van der Waals surface area contributed by atoms with E-state index in [-0.39, 0.29) is 6.79 Å². The van der Waals surface area contributed by atoms with E-state index in [2.05, 4.69) is 6.07 Å². The zero-order valence-electron chi connectivity index (χ0n) is 11.2. The summed E-state index contributed by atoms with van der Waals surface area (Å²) in [5, 5.41) is 9.86. The fourth-order valence-electron chi connectivity index (χ4n) is 3.01. The minimum absolute atomic E-state index is 0.215. The third-order valence-electron chi connectivity index (χ3n) is 4.04. The Balaban J connectivity index is 1.96. The van der Waals surface area contributed by atoms with Crippen molar-refractivity contribution in [3.05, 3.63) is 65.2 Å². The smallest absolute Gasteiger partial charge is 0.231 e. The quantitative estimate of drug-likeness (QED) is 0.869. The number of nitriles is 1. The lowest BCUT2D eigenvalue weighted by Gasteiger charge is -2.21. The van der Waals surface area contributed by atoms with Crippen LogP contribution in [-0.4, -0.2) is 6.79 Å². The molecule has 1 atom stereocenters. The summed E-state index contributed by atoms with van der Waals surface area (Å²) in [5.41, 5.74) is 8.51. The summed E-state index contributed by atoms with van der Waals surface area (Å²) in [6.45, 7) is 0.215. The van der Waals surface area contributed by atoms with Crippen molar-refractivity contribution in [3.63, 3.8) is 0 Å². The second-order valence-electron chi connectivity index (χ2n) is 5.13. The molecule has 0 spiro atoms. The molecule has 0 bridgehead atoms. The lowest BCUT2D eigenvalue weighted by atomic mass is 9.77. The molecule has 0 fully saturated rings. The van der Waals surface area contributed by atoms with E-state index < -0.39 is 5.41 Å². The summed E-state index contributed by atoms with van der Waals surface area (Å²) < 4.78 is 10.7. The normalized spacial score (nSPS) is 21.6. The Bertz CT molecular complexity index is 820. The first-order valence-corrected chi connectivity index (χ1v) is 6.64. The van der Waals surface area contributed by atoms with Gasteiger partial charge in [-0.1, -0.05) is 30.3 Å². The Kier molecular flexibility index (Phi) is 2.28. The minimum Gasteiger partial charge on any atom is -0.454 e. The number of hydrogen-bond donors (Lipinski definition) is 1. The van der Waals surface area contributed by atoms with E-state index in [0.29, 0.717) is 17.2 Å². The van der Waals surface area contributed by atoms with Crippen molar-refractivity contribution in [3.8, 4) is 17.6 Å². The molecule has 0 saturated heterocycles. The number of nitrogens with zero attached hydrogens (tertiary/aromatic N) is 1. The van der Waals surface area contributed by atoms with Gasteiger partial charge >= 0.3 is 0 Å². The van der Waals surface area contributed by atoms with Gasteiger partial charge in [0.05, 0.1) is 6.07 Å². The highest BCUT2D eigenvalue weighted by atomic mass is 16.7. The van der Waals surface area contributed by atoms with Crippen LogP contribution in [0.25, 0.3) is 5.70 Å². The maximum atomic E-state index is 9.86. The Hall–Kier alpha value is -2.93. The second kappa shape index (κ2) is 4.03. The van der Waals surface area contributed by atoms with Crippen LogP contribution in [0.1, 0.15) is 16.7 Å². The number of ether oxygens (including phenoxy) is 2. The van der Waals surface area contributed by atoms with Crippen molar-refractivity contribution in [2.24, 2.45) is 5.73 Å². The molecule has 4 rings (SSSR count). The first-order valence-electron chi connectivity index (χ1n) is 6.64. The van der Waals surface area contributed by atoms with Crippen molar-refractivity contribution in [1.29, 1.82) is 5.26 Å². The molecule has 102 valence electrons. The van der Waals surface area contributed by atoms with E-state index in [1.54, 1.807) is 0 Å². The zero-order chi connectivity index (χ0) is 14.4. The van der Waals surface area contributed by atoms with Gasteiger partial charge in [-0.2, -0.15) is 5.26 Å². The van der Waals surface area contributed by atoms with E-state index in [0.717, 1.165) is 16.7 Å². The molecule has 2 aromatic carbocycles. The Labute approximate surface area is 122 Å². The van der Waals surface area contributed by atoms with Gasteiger partial charge in [-0.25, -0.2) is 0 Å². The van der Waals surface area contributed by atoms with Gasteiger partial charge in [-0.3, -0.25) is 0 Å². The number of allylic oxidation sites excluding steroid dienone is 1. The highest BCUT2D eigenvalue weighted by Crippen LogP contribution is 2.45. The van der Waals surface area contributed by atoms with Crippen LogP contribution in [0.2, 0.25) is 0 Å². The maximum absolute atomic E-state index is 9.86. The number of hydrogen-bond acceptors (Lipinski definition) is 4. The standard InChI is InChI=1S/C17H12N2O2/c18-9-17(8-14(19)12-3-1-2-4-13(12)17)11-5-6-15-16(7-11)21-10-20-15/h1-8H,10,19H2. The molecule has 1 heterocycles. The van der Waals surface area contributed by atoms with E-state index in [4.69, 9.17) is 15.2 Å². The molecule has 1 aliphatic heterocycles. The van der Waals surface area contributed by atoms with Crippen molar-refractivity contribution in [1.82, 2.24) is 0 Å². The van der Waals surface area contributed by atoms with E-state index in [1.165, 1.54) is 0 Å². The molecule has 0 radical (unpaired) electrons. The van der Waals surface area contributed by atoms with Crippen LogP contribution in [-0.2, 0) is 5.41 Å². The maximum Gasteiger partial charge on any atom is 0.231 e. The summed E-state index contributed by atoms with van der Waals surface area (Å²) in [7, 11) is 0. The van der Waals surface area contributed by atoms with Crippen LogP contribution in [0.5, 0.6) is 11.5 Å². The fourth-order valence-corrected chi connectivity index (χ4v) is 3.01. The van der Waals surface area contributed by atoms with Gasteiger partial charge in [-0.15, -0.1) is 0 Å². The summed E-state index contributed by atoms with van der Waals surface area (Å²) in [6.07, 6.45) is 1.81. The van der Waals surface area contributed by atoms with Gasteiger partial charge in [-0.05, 0) is 29.3 Å². The lowest BCUT2D eigenvalue weighted by molar-refractivity contribution is 0.174. The molecule has 1 aliphatic carbocycles. The second-order valence-corrected chi connectivity index (χ2v) is 5.13. The minimum atomic E-state index is -0.873. The van der Waals surface area contributed by atoms with Crippen molar-refractivity contribution in [2.75, 3.05) is 6.79 Å². The van der Waals surface area contributed by atoms with E-state index >= 15 is 0 Å². The van der Waals surface area contributed by atoms with E-state index in [9.17, 15) is 5.26 Å². The highest BCUT2D eigenvalue weighted by Gasteiger charge is 2.40. The van der Waals surface area contributed by atoms with Crippen LogP contribution in [0.3, 0.4) is 0 Å². The molecular formula is C17H12N2O2. The average Bonchev–Trinajstić information content (AvgIpc) is 3.10. The third-order valence-corrected chi connectivity index (χ3v) is 4.04. The van der Waals surface area contributed by atoms with Gasteiger partial charge < -0.3 is 15.2 Å². The van der Waals surface area contributed by atoms with Crippen LogP contribution in [0.4, 0.5) is 0 Å². The summed E-state index contributed by atoms with van der Waals surface area (Å²) in [6, 6.07) is 15.7. The van der Waals surface area contributed by atoms with Crippen LogP contribution >= 0.6 is 0 Å². The third kappa shape index (κ3) is 1.49. The number of fused-ring (bicyclic) bond motifs is 2. The predicted octanol–water partition coefficient (Wildman–Crippen LogP) is 2.54. The molecule has 21 heavy (non-hydrogen) atoms. The van der Waals surface area contributed by atoms with Crippen molar-refractivity contribution >= 4 is 5.70 Å². The molecule has 0 aromatic heterocycles. The summed E-state index contributed by atoms with van der Waals surface area (Å²) in [5.74, 6) is 1.37. The van der Waals surface area contributed by atoms with Crippen LogP contribution in [0.15, 0.2) is 48.5 Å². The summed E-state index contributed by atoms with van der Waals surface area (Å²) >= 11 is 0. The molecule has 2 aliphatic rings. The molecular weight excluding hydrogens is 264 g/mol. The van der Waals surface area contributed by atoms with Crippen molar-refractivity contribution < 1.29 is 9.47 Å². The number of rotatable bonds is 1. The molecule has 1 unspecified atom stereocenters. The molecule has 2 aromatic rings. The zero-order valence-corrected chi connectivity index (χ0v) is 11.2. The largest absolute Gasteiger partial charge is 0.454 e. The molecule has 4 heteroatoms. The topological polar surface area (TPSA) is 68.3 Å². The van der Waals surface area contributed by atoms with Crippen molar-refractivity contribution in [2.45, 2.75) is 5.41 Å². The predicted molar refractivity (Wildman–Crippen MR) is 77.6 cm³/mol. The molecule has 4 nitrogen and oxygen atoms in total. The Morgan fingerprint density at radius 2 is 1.90 bits per heavy atom. The van der Waals surface area contributed by atoms with E-state index in [1.807, 2.05) is 48.5 Å². The Morgan fingerprint density at radius 1 is 1.10 bits per heavy atom. The number of nitrogens with two attached hydrogens (primary N) is 1. The summed E-state index contributed by atoms with van der Waals surface area (Å²) in [4.78, 5) is 0. The van der Waals surface area contributed by atoms with Crippen LogP contribution in [0, 0.1) is 11.3 Å². The van der Waals surface area contributed by atoms with Gasteiger partial charge in [0, 0.05) is 11.3 Å². The first kappa shape index (κ1) is 11.9. The molecule has 0 saturated carbocycles. The highest BCUT2D eigenvalue weighted by molar-refractivity contribution is 5.79. The van der Waals surface area contributed by atoms with Gasteiger partial charge in [0.1, 0.15) is 5.41 Å². The number of benzene rings is 2.